The molecule has 0 spiro atoms. The van der Waals surface area contributed by atoms with Gasteiger partial charge in [-0.25, -0.2) is 0 Å². The molecule has 12 heavy (non-hydrogen) atoms. The highest BCUT2D eigenvalue weighted by Crippen LogP contribution is 2.38. The molecule has 0 heterocycles. The van der Waals surface area contributed by atoms with Crippen LogP contribution in [0.4, 0.5) is 22.0 Å². The molecule has 1 nitrogen and oxygen atoms in total. The molecular formula is C5H6BrF5O. The number of halogens is 6. The Labute approximate surface area is 73.7 Å². The topological polar surface area (TPSA) is 20.2 Å². The molecular weight excluding hydrogens is 251 g/mol. The van der Waals surface area contributed by atoms with E-state index in [4.69, 9.17) is 5.11 Å². The number of aliphatic hydroxyl groups excluding tert-OH is 1. The van der Waals surface area contributed by atoms with Crippen LogP contribution in [0.25, 0.3) is 0 Å². The van der Waals surface area contributed by atoms with Crippen molar-refractivity contribution >= 4 is 15.9 Å². The number of hydrogen-bond donors (Lipinski definition) is 1. The fraction of sp³-hybridized carbons (Fsp3) is 1.00. The highest BCUT2D eigenvalue weighted by atomic mass is 79.9. The molecule has 0 aliphatic rings. The van der Waals surface area contributed by atoms with Gasteiger partial charge in [-0.1, -0.05) is 15.9 Å². The van der Waals surface area contributed by atoms with Crippen LogP contribution in [0, 0.1) is 0 Å². The maximum absolute atomic E-state index is 12.1. The van der Waals surface area contributed by atoms with Gasteiger partial charge < -0.3 is 5.11 Å². The third kappa shape index (κ3) is 3.22. The molecule has 0 saturated carbocycles. The zero-order chi connectivity index (χ0) is 9.99. The summed E-state index contributed by atoms with van der Waals surface area (Å²) in [7, 11) is 0. The van der Waals surface area contributed by atoms with Gasteiger partial charge in [-0.05, 0) is 0 Å². The summed E-state index contributed by atoms with van der Waals surface area (Å²) in [5.74, 6) is -4.82. The summed E-state index contributed by atoms with van der Waals surface area (Å²) in [6.45, 7) is 0. The first-order chi connectivity index (χ1) is 5.20. The highest BCUT2D eigenvalue weighted by Gasteiger charge is 2.57. The summed E-state index contributed by atoms with van der Waals surface area (Å²) in [6, 6.07) is 0. The van der Waals surface area contributed by atoms with E-state index in [1.165, 1.54) is 0 Å². The van der Waals surface area contributed by atoms with Gasteiger partial charge in [0.25, 0.3) is 0 Å². The second-order valence-corrected chi connectivity index (χ2v) is 2.86. The smallest absolute Gasteiger partial charge is 0.392 e. The van der Waals surface area contributed by atoms with Crippen molar-refractivity contribution in [2.24, 2.45) is 0 Å². The van der Waals surface area contributed by atoms with Crippen LogP contribution >= 0.6 is 15.9 Å². The molecule has 0 fully saturated rings. The first-order valence-corrected chi connectivity index (χ1v) is 4.01. The van der Waals surface area contributed by atoms with Gasteiger partial charge >= 0.3 is 12.1 Å². The van der Waals surface area contributed by atoms with Crippen molar-refractivity contribution in [3.8, 4) is 0 Å². The summed E-state index contributed by atoms with van der Waals surface area (Å²) < 4.78 is 58.5. The molecule has 0 saturated heterocycles. The average Bonchev–Trinajstić information content (AvgIpc) is 1.84. The van der Waals surface area contributed by atoms with E-state index in [2.05, 4.69) is 15.9 Å². The Morgan fingerprint density at radius 1 is 1.17 bits per heavy atom. The lowest BCUT2D eigenvalue weighted by Crippen LogP contribution is -2.39. The van der Waals surface area contributed by atoms with Gasteiger partial charge in [0.05, 0.1) is 6.10 Å². The van der Waals surface area contributed by atoms with E-state index >= 15 is 0 Å². The number of hydrogen-bond acceptors (Lipinski definition) is 1. The molecule has 74 valence electrons. The first-order valence-electron chi connectivity index (χ1n) is 2.89. The normalized spacial score (nSPS) is 16.2. The van der Waals surface area contributed by atoms with Crippen LogP contribution in [-0.4, -0.2) is 28.6 Å². The van der Waals surface area contributed by atoms with Crippen LogP contribution in [0.15, 0.2) is 0 Å². The van der Waals surface area contributed by atoms with E-state index in [0.29, 0.717) is 0 Å². The van der Waals surface area contributed by atoms with E-state index in [1.54, 1.807) is 0 Å². The van der Waals surface area contributed by atoms with Crippen molar-refractivity contribution < 1.29 is 27.1 Å². The molecule has 0 amide bonds. The Kier molecular flexibility index (Phi) is 3.89. The predicted octanol–water partition coefficient (Wildman–Crippen LogP) is 2.33. The summed E-state index contributed by atoms with van der Waals surface area (Å²) in [5.41, 5.74) is 0. The molecule has 1 atom stereocenters. The third-order valence-electron chi connectivity index (χ3n) is 1.08. The fourth-order valence-corrected chi connectivity index (χ4v) is 0.695. The zero-order valence-corrected chi connectivity index (χ0v) is 7.29. The fourth-order valence-electron chi connectivity index (χ4n) is 0.466. The average molecular weight is 257 g/mol. The first kappa shape index (κ1) is 12.1. The lowest BCUT2D eigenvalue weighted by Gasteiger charge is -2.21. The molecule has 7 heteroatoms. The van der Waals surface area contributed by atoms with Gasteiger partial charge in [0.1, 0.15) is 0 Å². The predicted molar refractivity (Wildman–Crippen MR) is 35.4 cm³/mol. The quantitative estimate of drug-likeness (QED) is 0.607. The van der Waals surface area contributed by atoms with E-state index in [0.717, 1.165) is 0 Å². The largest absolute Gasteiger partial charge is 0.453 e. The second kappa shape index (κ2) is 3.87. The molecule has 0 rings (SSSR count). The molecule has 0 aromatic rings. The Hall–Kier alpha value is 0.0900. The Bertz CT molecular complexity index is 145. The lowest BCUT2D eigenvalue weighted by molar-refractivity contribution is -0.289. The molecule has 0 aliphatic carbocycles. The third-order valence-corrected chi connectivity index (χ3v) is 1.83. The molecule has 0 aromatic heterocycles. The maximum atomic E-state index is 12.1. The second-order valence-electron chi connectivity index (χ2n) is 2.21. The minimum absolute atomic E-state index is 0.307. The van der Waals surface area contributed by atoms with Crippen molar-refractivity contribution in [3.63, 3.8) is 0 Å². The van der Waals surface area contributed by atoms with E-state index in [-0.39, 0.29) is 5.33 Å². The SMILES string of the molecule is OC(CBr)CC(F)(F)C(F)(F)F. The van der Waals surface area contributed by atoms with Crippen molar-refractivity contribution in [2.75, 3.05) is 5.33 Å². The number of rotatable bonds is 3. The number of aliphatic hydroxyl groups is 1. The Balaban J connectivity index is 4.22. The molecule has 0 aliphatic heterocycles. The summed E-state index contributed by atoms with van der Waals surface area (Å²) >= 11 is 2.58. The molecule has 0 aromatic carbocycles. The molecule has 1 N–H and O–H groups in total. The monoisotopic (exact) mass is 256 g/mol. The summed E-state index contributed by atoms with van der Waals surface area (Å²) in [4.78, 5) is 0. The van der Waals surface area contributed by atoms with Crippen LogP contribution in [-0.2, 0) is 0 Å². The van der Waals surface area contributed by atoms with Crippen LogP contribution < -0.4 is 0 Å². The van der Waals surface area contributed by atoms with Gasteiger partial charge in [0, 0.05) is 11.8 Å². The number of alkyl halides is 6. The molecule has 0 radical (unpaired) electrons. The van der Waals surface area contributed by atoms with Crippen LogP contribution in [0.2, 0.25) is 0 Å². The van der Waals surface area contributed by atoms with Gasteiger partial charge in [0.15, 0.2) is 0 Å². The maximum Gasteiger partial charge on any atom is 0.453 e. The van der Waals surface area contributed by atoms with Crippen molar-refractivity contribution in [3.05, 3.63) is 0 Å². The van der Waals surface area contributed by atoms with E-state index in [9.17, 15) is 22.0 Å². The van der Waals surface area contributed by atoms with Crippen LogP contribution in [0.3, 0.4) is 0 Å². The van der Waals surface area contributed by atoms with E-state index in [1.807, 2.05) is 0 Å². The van der Waals surface area contributed by atoms with Gasteiger partial charge in [-0.2, -0.15) is 22.0 Å². The minimum atomic E-state index is -5.59. The zero-order valence-electron chi connectivity index (χ0n) is 5.71. The summed E-state index contributed by atoms with van der Waals surface area (Å²) in [6.07, 6.45) is -8.89. The van der Waals surface area contributed by atoms with Crippen molar-refractivity contribution in [1.29, 1.82) is 0 Å². The van der Waals surface area contributed by atoms with Crippen LogP contribution in [0.5, 0.6) is 0 Å². The van der Waals surface area contributed by atoms with E-state index < -0.39 is 24.6 Å². The Morgan fingerprint density at radius 3 is 1.83 bits per heavy atom. The van der Waals surface area contributed by atoms with Gasteiger partial charge in [-0.15, -0.1) is 0 Å². The van der Waals surface area contributed by atoms with Crippen molar-refractivity contribution in [1.82, 2.24) is 0 Å². The molecule has 0 bridgehead atoms. The van der Waals surface area contributed by atoms with Crippen LogP contribution in [0.1, 0.15) is 6.42 Å². The highest BCUT2D eigenvalue weighted by molar-refractivity contribution is 9.09. The molecule has 1 unspecified atom stereocenters. The van der Waals surface area contributed by atoms with Gasteiger partial charge in [0.2, 0.25) is 0 Å². The Morgan fingerprint density at radius 2 is 1.58 bits per heavy atom. The standard InChI is InChI=1S/C5H6BrF5O/c6-2-3(12)1-4(7,8)5(9,10)11/h3,12H,1-2H2. The summed E-state index contributed by atoms with van der Waals surface area (Å²) in [5, 5.41) is 8.22. The lowest BCUT2D eigenvalue weighted by atomic mass is 10.1. The minimum Gasteiger partial charge on any atom is -0.392 e. The van der Waals surface area contributed by atoms with Gasteiger partial charge in [-0.3, -0.25) is 0 Å². The van der Waals surface area contributed by atoms with Crippen molar-refractivity contribution in [2.45, 2.75) is 24.6 Å².